The molecule has 0 spiro atoms. The molecule has 2 fully saturated rings. The van der Waals surface area contributed by atoms with Crippen molar-refractivity contribution in [2.24, 2.45) is 0 Å². The van der Waals surface area contributed by atoms with Gasteiger partial charge < -0.3 is 30.0 Å². The largest absolute Gasteiger partial charge is 0.477 e. The number of carboxylic acids is 1. The average molecular weight is 544 g/mol. The van der Waals surface area contributed by atoms with E-state index in [1.54, 1.807) is 25.5 Å². The lowest BCUT2D eigenvalue weighted by Gasteiger charge is -2.33. The molecule has 7 rings (SSSR count). The minimum absolute atomic E-state index is 0.000301. The maximum Gasteiger partial charge on any atom is 0.341 e. The van der Waals surface area contributed by atoms with E-state index >= 15 is 0 Å². The van der Waals surface area contributed by atoms with Gasteiger partial charge in [0, 0.05) is 61.8 Å². The molecule has 0 bridgehead atoms. The summed E-state index contributed by atoms with van der Waals surface area (Å²) in [6, 6.07) is 4.75. The zero-order valence-corrected chi connectivity index (χ0v) is 21.8. The number of anilines is 2. The summed E-state index contributed by atoms with van der Waals surface area (Å²) in [4.78, 5) is 44.4. The Kier molecular flexibility index (Phi) is 5.51. The van der Waals surface area contributed by atoms with Crippen molar-refractivity contribution in [3.05, 3.63) is 58.4 Å². The van der Waals surface area contributed by atoms with Gasteiger partial charge in [-0.15, -0.1) is 0 Å². The van der Waals surface area contributed by atoms with Crippen LogP contribution in [0.3, 0.4) is 0 Å². The number of nitrogens with zero attached hydrogens (tertiary/aromatic N) is 4. The van der Waals surface area contributed by atoms with Gasteiger partial charge in [-0.3, -0.25) is 9.69 Å². The number of halogens is 1. The molecule has 5 aromatic rings. The highest BCUT2D eigenvalue weighted by Gasteiger charge is 2.40. The number of benzene rings is 1. The summed E-state index contributed by atoms with van der Waals surface area (Å²) in [5.41, 5.74) is 3.34. The molecule has 2 aliphatic heterocycles. The highest BCUT2D eigenvalue weighted by atomic mass is 19.1. The van der Waals surface area contributed by atoms with Gasteiger partial charge in [-0.2, -0.15) is 0 Å². The van der Waals surface area contributed by atoms with Gasteiger partial charge in [0.2, 0.25) is 5.43 Å². The van der Waals surface area contributed by atoms with Crippen molar-refractivity contribution >= 4 is 50.3 Å². The summed E-state index contributed by atoms with van der Waals surface area (Å²) in [7, 11) is 3.83. The first-order valence-electron chi connectivity index (χ1n) is 13.0. The summed E-state index contributed by atoms with van der Waals surface area (Å²) < 4.78 is 21.0. The first-order valence-corrected chi connectivity index (χ1v) is 13.0. The molecular formula is C28H26FN7O4. The molecule has 40 heavy (non-hydrogen) atoms. The summed E-state index contributed by atoms with van der Waals surface area (Å²) in [6.45, 7) is 2.78. The maximum atomic E-state index is 14.8. The molecule has 0 aliphatic carbocycles. The van der Waals surface area contributed by atoms with E-state index in [4.69, 9.17) is 9.72 Å². The number of morpholine rings is 1. The summed E-state index contributed by atoms with van der Waals surface area (Å²) in [5.74, 6) is -1.70. The molecule has 4 N–H and O–H groups in total. The normalized spacial score (nSPS) is 19.5. The number of rotatable bonds is 4. The minimum atomic E-state index is -1.32. The van der Waals surface area contributed by atoms with Gasteiger partial charge in [-0.05, 0) is 25.2 Å². The summed E-state index contributed by atoms with van der Waals surface area (Å²) in [6.07, 6.45) is 4.50. The van der Waals surface area contributed by atoms with E-state index in [1.165, 1.54) is 12.1 Å². The van der Waals surface area contributed by atoms with E-state index in [0.717, 1.165) is 29.3 Å². The molecule has 2 aliphatic rings. The van der Waals surface area contributed by atoms with Crippen molar-refractivity contribution in [2.45, 2.75) is 12.1 Å². The molecule has 0 amide bonds. The van der Waals surface area contributed by atoms with Gasteiger partial charge in [-0.1, -0.05) is 0 Å². The van der Waals surface area contributed by atoms with Gasteiger partial charge in [0.1, 0.15) is 22.7 Å². The second-order valence-electron chi connectivity index (χ2n) is 10.3. The number of pyridine rings is 3. The van der Waals surface area contributed by atoms with E-state index in [9.17, 15) is 19.1 Å². The number of fused-ring (bicyclic) bond motifs is 5. The Bertz CT molecular complexity index is 1900. The van der Waals surface area contributed by atoms with Crippen LogP contribution < -0.4 is 15.6 Å². The molecule has 204 valence electrons. The van der Waals surface area contributed by atoms with E-state index in [-0.39, 0.29) is 34.6 Å². The Morgan fingerprint density at radius 2 is 2.00 bits per heavy atom. The predicted molar refractivity (Wildman–Crippen MR) is 150 cm³/mol. The third-order valence-electron chi connectivity index (χ3n) is 8.10. The van der Waals surface area contributed by atoms with Gasteiger partial charge in [0.15, 0.2) is 0 Å². The molecule has 1 aromatic carbocycles. The number of ether oxygens (including phenoxy) is 1. The Hall–Kier alpha value is -4.55. The zero-order valence-electron chi connectivity index (χ0n) is 21.8. The molecule has 11 nitrogen and oxygen atoms in total. The second-order valence-corrected chi connectivity index (χ2v) is 10.3. The number of likely N-dealkylation sites (N-methyl/N-ethyl adjacent to an activating group) is 1. The second kappa shape index (κ2) is 9.00. The number of carboxylic acid groups (broad SMARTS) is 1. The molecule has 0 saturated carbocycles. The number of carbonyl (C=O) groups is 1. The Morgan fingerprint density at radius 1 is 1.18 bits per heavy atom. The predicted octanol–water partition coefficient (Wildman–Crippen LogP) is 3.02. The summed E-state index contributed by atoms with van der Waals surface area (Å²) in [5, 5.41) is 14.1. The fourth-order valence-corrected chi connectivity index (χ4v) is 6.10. The molecular weight excluding hydrogens is 517 g/mol. The van der Waals surface area contributed by atoms with Gasteiger partial charge in [0.25, 0.3) is 0 Å². The third-order valence-corrected chi connectivity index (χ3v) is 8.10. The fourth-order valence-electron chi connectivity index (χ4n) is 6.10. The van der Waals surface area contributed by atoms with Crippen molar-refractivity contribution in [3.8, 4) is 11.1 Å². The van der Waals surface area contributed by atoms with Crippen LogP contribution in [0.15, 0.2) is 41.6 Å². The Labute approximate surface area is 226 Å². The fraction of sp³-hybridized carbons (Fsp3) is 0.286. The SMILES string of the molecule is CNc1cc(F)cc2c1[nH]c1ncc(-c3cnc4[nH]cc(C(=O)O)c(=O)c4c3)c(N3C[C@H]4OCCN(C)[C@H]4C3)c12. The number of H-pyrrole nitrogens is 2. The standard InChI is InChI=1S/C28H26FN7O4/c1-30-19-7-14(29)6-15-22-24(36-11-20-21(12-36)40-4-3-35(20)2)17(9-33-27(22)34-23(15)19)13-5-16-25(37)18(28(38)39)10-32-26(16)31-8-13/h5-10,20-21,30H,3-4,11-12H2,1-2H3,(H,33,34)(H,38,39)(H,31,32,37)/t20-,21+/m0/s1. The van der Waals surface area contributed by atoms with E-state index < -0.39 is 11.4 Å². The lowest BCUT2D eigenvalue weighted by atomic mass is 10.0. The van der Waals surface area contributed by atoms with E-state index in [1.807, 2.05) is 0 Å². The zero-order chi connectivity index (χ0) is 27.7. The molecule has 2 atom stereocenters. The van der Waals surface area contributed by atoms with Crippen LogP contribution in [0.25, 0.3) is 44.1 Å². The van der Waals surface area contributed by atoms with Crippen LogP contribution >= 0.6 is 0 Å². The molecule has 6 heterocycles. The number of hydrogen-bond donors (Lipinski definition) is 4. The molecule has 2 saturated heterocycles. The highest BCUT2D eigenvalue weighted by molar-refractivity contribution is 6.18. The minimum Gasteiger partial charge on any atom is -0.477 e. The van der Waals surface area contributed by atoms with Crippen LogP contribution in [0, 0.1) is 5.82 Å². The van der Waals surface area contributed by atoms with Gasteiger partial charge >= 0.3 is 5.97 Å². The smallest absolute Gasteiger partial charge is 0.341 e. The third kappa shape index (κ3) is 3.63. The molecule has 12 heteroatoms. The first-order chi connectivity index (χ1) is 19.3. The number of aromatic carboxylic acids is 1. The monoisotopic (exact) mass is 543 g/mol. The lowest BCUT2D eigenvalue weighted by Crippen LogP contribution is -2.48. The lowest BCUT2D eigenvalue weighted by molar-refractivity contribution is -0.0362. The number of aromatic nitrogens is 4. The van der Waals surface area contributed by atoms with Crippen LogP contribution in [0.5, 0.6) is 0 Å². The molecule has 0 radical (unpaired) electrons. The van der Waals surface area contributed by atoms with E-state index in [0.29, 0.717) is 47.5 Å². The van der Waals surface area contributed by atoms with Crippen LogP contribution in [0.2, 0.25) is 0 Å². The van der Waals surface area contributed by atoms with Crippen LogP contribution in [0.4, 0.5) is 15.8 Å². The highest BCUT2D eigenvalue weighted by Crippen LogP contribution is 2.43. The van der Waals surface area contributed by atoms with Crippen molar-refractivity contribution in [1.82, 2.24) is 24.8 Å². The summed E-state index contributed by atoms with van der Waals surface area (Å²) >= 11 is 0. The topological polar surface area (TPSA) is 139 Å². The average Bonchev–Trinajstić information content (AvgIpc) is 3.55. The van der Waals surface area contributed by atoms with Gasteiger partial charge in [-0.25, -0.2) is 19.2 Å². The van der Waals surface area contributed by atoms with Crippen LogP contribution in [-0.4, -0.2) is 88.4 Å². The number of aromatic amines is 2. The van der Waals surface area contributed by atoms with Crippen molar-refractivity contribution in [3.63, 3.8) is 0 Å². The van der Waals surface area contributed by atoms with Crippen LogP contribution in [0.1, 0.15) is 10.4 Å². The van der Waals surface area contributed by atoms with Crippen LogP contribution in [-0.2, 0) is 4.74 Å². The Morgan fingerprint density at radius 3 is 2.77 bits per heavy atom. The molecule has 4 aromatic heterocycles. The van der Waals surface area contributed by atoms with Gasteiger partial charge in [0.05, 0.1) is 46.4 Å². The van der Waals surface area contributed by atoms with Crippen molar-refractivity contribution in [1.29, 1.82) is 0 Å². The number of hydrogen-bond acceptors (Lipinski definition) is 8. The Balaban J connectivity index is 1.51. The van der Waals surface area contributed by atoms with Crippen molar-refractivity contribution < 1.29 is 19.0 Å². The van der Waals surface area contributed by atoms with E-state index in [2.05, 4.69) is 37.1 Å². The molecule has 0 unspecified atom stereocenters. The first kappa shape index (κ1) is 24.5. The number of nitrogens with one attached hydrogen (secondary N) is 3. The quantitative estimate of drug-likeness (QED) is 0.269. The van der Waals surface area contributed by atoms with Crippen molar-refractivity contribution in [2.75, 3.05) is 50.6 Å². The maximum absolute atomic E-state index is 14.8.